The second kappa shape index (κ2) is 23.3. The van der Waals surface area contributed by atoms with Crippen LogP contribution >= 0.6 is 0 Å². The van der Waals surface area contributed by atoms with Crippen molar-refractivity contribution in [2.75, 3.05) is 26.2 Å². The fraction of sp³-hybridized carbons (Fsp3) is 1.00. The van der Waals surface area contributed by atoms with Crippen molar-refractivity contribution in [3.8, 4) is 0 Å². The molecule has 0 aromatic rings. The molecule has 9 saturated carbocycles. The number of nitrogens with one attached hydrogen (secondary N) is 4. The lowest BCUT2D eigenvalue weighted by Crippen LogP contribution is -2.55. The molecule has 0 amide bonds. The molecule has 15 fully saturated rings. The maximum Gasteiger partial charge on any atom is 0.0831 e. The summed E-state index contributed by atoms with van der Waals surface area (Å²) in [4.78, 5) is 31.5. The molecule has 10 nitrogen and oxygen atoms in total. The third-order valence-electron chi connectivity index (χ3n) is 27.6. The minimum Gasteiger partial charge on any atom is -0.298 e. The van der Waals surface area contributed by atoms with Gasteiger partial charge in [-0.25, -0.2) is 21.9 Å². The molecule has 15 aliphatic rings. The van der Waals surface area contributed by atoms with E-state index in [1.165, 1.54) is 205 Å². The smallest absolute Gasteiger partial charge is 0.0831 e. The van der Waals surface area contributed by atoms with E-state index in [-0.39, 0.29) is 0 Å². The Morgan fingerprint density at radius 3 is 0.789 bits per heavy atom. The Bertz CT molecular complexity index is 1640. The van der Waals surface area contributed by atoms with E-state index in [0.717, 1.165) is 157 Å². The van der Waals surface area contributed by atoms with Crippen LogP contribution in [0.1, 0.15) is 231 Å². The number of likely N-dealkylation sites (tertiary alicyclic amines) is 2. The molecule has 0 spiro atoms. The zero-order valence-electron chi connectivity index (χ0n) is 47.8. The van der Waals surface area contributed by atoms with Gasteiger partial charge in [0.05, 0.1) is 24.4 Å². The summed E-state index contributed by atoms with van der Waals surface area (Å²) in [6, 6.07) is 5.14. The first-order chi connectivity index (χ1) is 37.6. The predicted molar refractivity (Wildman–Crippen MR) is 300 cm³/mol. The van der Waals surface area contributed by atoms with E-state index in [2.05, 4.69) is 31.7 Å². The van der Waals surface area contributed by atoms with Crippen LogP contribution in [0.2, 0.25) is 0 Å². The van der Waals surface area contributed by atoms with Gasteiger partial charge in [0.25, 0.3) is 0 Å². The Morgan fingerprint density at radius 1 is 0.237 bits per heavy atom. The van der Waals surface area contributed by atoms with Crippen LogP contribution in [-0.4, -0.2) is 96.6 Å². The molecule has 6 aliphatic heterocycles. The fourth-order valence-electron chi connectivity index (χ4n) is 24.3. The third kappa shape index (κ3) is 10.2. The molecular weight excluding hydrogens is 941 g/mol. The number of hydrogen-bond acceptors (Lipinski definition) is 10. The van der Waals surface area contributed by atoms with Gasteiger partial charge in [-0.2, -0.15) is 0 Å². The first kappa shape index (κ1) is 52.4. The van der Waals surface area contributed by atoms with E-state index in [1.54, 1.807) is 25.7 Å². The number of hydroxylamine groups is 4. The maximum atomic E-state index is 6.12. The van der Waals surface area contributed by atoms with Crippen molar-refractivity contribution in [2.45, 2.75) is 292 Å². The molecule has 0 radical (unpaired) electrons. The van der Waals surface area contributed by atoms with Crippen LogP contribution in [0.5, 0.6) is 0 Å². The van der Waals surface area contributed by atoms with Gasteiger partial charge in [0.1, 0.15) is 0 Å². The highest BCUT2D eigenvalue weighted by Gasteiger charge is 2.64. The molecule has 0 aromatic heterocycles. The molecule has 16 atom stereocenters. The van der Waals surface area contributed by atoms with Crippen LogP contribution < -0.4 is 21.9 Å². The van der Waals surface area contributed by atoms with Crippen LogP contribution in [-0.2, 0) is 19.4 Å². The summed E-state index contributed by atoms with van der Waals surface area (Å²) in [6.07, 6.45) is 54.3. The first-order valence-corrected chi connectivity index (χ1v) is 34.7. The zero-order chi connectivity index (χ0) is 50.1. The molecular formula is C66H110N6O4. The van der Waals surface area contributed by atoms with Crippen LogP contribution in [0, 0.1) is 94.7 Å². The first-order valence-electron chi connectivity index (χ1n) is 34.7. The van der Waals surface area contributed by atoms with Gasteiger partial charge in [0, 0.05) is 62.4 Å². The minimum atomic E-state index is 0.471. The Balaban J connectivity index is 0.693. The molecule has 10 heteroatoms. The summed E-state index contributed by atoms with van der Waals surface area (Å²) in [5, 5.41) is 0. The molecule has 76 heavy (non-hydrogen) atoms. The second-order valence-corrected chi connectivity index (χ2v) is 30.6. The molecule has 16 unspecified atom stereocenters. The summed E-state index contributed by atoms with van der Waals surface area (Å²) in [5.74, 6) is 14.5. The van der Waals surface area contributed by atoms with Crippen LogP contribution in [0.25, 0.3) is 0 Å². The van der Waals surface area contributed by atoms with Gasteiger partial charge in [-0.05, 0) is 300 Å². The molecule has 428 valence electrons. The number of rotatable bonds is 10. The summed E-state index contributed by atoms with van der Waals surface area (Å²) in [5.41, 5.74) is 13.0. The lowest BCUT2D eigenvalue weighted by molar-refractivity contribution is -0.0419. The second-order valence-electron chi connectivity index (χ2n) is 30.6. The van der Waals surface area contributed by atoms with Gasteiger partial charge in [-0.1, -0.05) is 25.7 Å². The fourth-order valence-corrected chi connectivity index (χ4v) is 24.3. The van der Waals surface area contributed by atoms with E-state index in [4.69, 9.17) is 19.4 Å². The highest BCUT2D eigenvalue weighted by atomic mass is 16.7. The van der Waals surface area contributed by atoms with E-state index in [9.17, 15) is 0 Å². The monoisotopic (exact) mass is 1050 g/mol. The van der Waals surface area contributed by atoms with Crippen molar-refractivity contribution in [2.24, 2.45) is 94.7 Å². The normalized spacial score (nSPS) is 53.5. The predicted octanol–water partition coefficient (Wildman–Crippen LogP) is 12.5. The van der Waals surface area contributed by atoms with Crippen molar-refractivity contribution in [3.63, 3.8) is 0 Å². The number of nitrogens with zero attached hydrogens (tertiary/aromatic N) is 2. The molecule has 6 heterocycles. The van der Waals surface area contributed by atoms with Crippen molar-refractivity contribution in [3.05, 3.63) is 0 Å². The topological polar surface area (TPSA) is 91.5 Å². The summed E-state index contributed by atoms with van der Waals surface area (Å²) >= 11 is 0. The number of fused-ring (bicyclic) bond motifs is 7. The highest BCUT2D eigenvalue weighted by Crippen LogP contribution is 2.63. The van der Waals surface area contributed by atoms with Crippen LogP contribution in [0.4, 0.5) is 0 Å². The summed E-state index contributed by atoms with van der Waals surface area (Å²) < 4.78 is 0. The van der Waals surface area contributed by atoms with Gasteiger partial charge in [-0.3, -0.25) is 29.2 Å². The largest absolute Gasteiger partial charge is 0.298 e. The van der Waals surface area contributed by atoms with Crippen LogP contribution in [0.3, 0.4) is 0 Å². The maximum absolute atomic E-state index is 6.12. The Hall–Kier alpha value is -0.400. The van der Waals surface area contributed by atoms with Crippen LogP contribution in [0.15, 0.2) is 0 Å². The van der Waals surface area contributed by atoms with E-state index in [0.29, 0.717) is 24.4 Å². The Morgan fingerprint density at radius 2 is 0.513 bits per heavy atom. The summed E-state index contributed by atoms with van der Waals surface area (Å²) in [7, 11) is 0. The van der Waals surface area contributed by atoms with Crippen molar-refractivity contribution in [1.29, 1.82) is 0 Å². The van der Waals surface area contributed by atoms with E-state index in [1.807, 2.05) is 0 Å². The summed E-state index contributed by atoms with van der Waals surface area (Å²) in [6.45, 7) is 4.21. The van der Waals surface area contributed by atoms with Gasteiger partial charge >= 0.3 is 0 Å². The number of hydrogen-bond donors (Lipinski definition) is 4. The van der Waals surface area contributed by atoms with Gasteiger partial charge in [-0.15, -0.1) is 0 Å². The molecule has 6 saturated heterocycles. The third-order valence-corrected chi connectivity index (χ3v) is 27.6. The van der Waals surface area contributed by atoms with Crippen molar-refractivity contribution >= 4 is 0 Å². The van der Waals surface area contributed by atoms with Gasteiger partial charge in [0.15, 0.2) is 0 Å². The Kier molecular flexibility index (Phi) is 16.1. The molecule has 0 bridgehead atoms. The molecule has 9 aliphatic carbocycles. The lowest BCUT2D eigenvalue weighted by Gasteiger charge is -2.52. The zero-order valence-corrected chi connectivity index (χ0v) is 47.8. The van der Waals surface area contributed by atoms with Crippen molar-refractivity contribution in [1.82, 2.24) is 31.7 Å². The van der Waals surface area contributed by atoms with E-state index < -0.39 is 0 Å². The molecule has 0 aromatic carbocycles. The minimum absolute atomic E-state index is 0.471. The average Bonchev–Trinajstić information content (AvgIpc) is 4.44. The highest BCUT2D eigenvalue weighted by molar-refractivity contribution is 5.17. The lowest BCUT2D eigenvalue weighted by atomic mass is 9.61. The van der Waals surface area contributed by atoms with Gasteiger partial charge < -0.3 is 0 Å². The van der Waals surface area contributed by atoms with Crippen molar-refractivity contribution < 1.29 is 19.4 Å². The molecule has 4 N–H and O–H groups in total. The SMILES string of the molecule is C1CCC2C(C1)C1C3C4CCCCC4N(C4CC(C5CCC(C6CCNO6)CC5)CC(C5CCC(C6CCNO6)CC5)C4)C3CCC1N2C1CC(C2CCC(C3CCNO3)CC2)CC(C2CCC(C3CCNO3)CC2)C1. The Labute approximate surface area is 461 Å². The van der Waals surface area contributed by atoms with Gasteiger partial charge in [0.2, 0.25) is 0 Å². The molecule has 15 rings (SSSR count). The van der Waals surface area contributed by atoms with E-state index >= 15 is 0 Å². The standard InChI is InChI=1S/C66H110N6O4/c1-3-7-57-55(5-1)65-59(71(57)53-37-49(41-9-17-45(18-10-41)61-27-31-67-73-61)35-50(38-53)42-11-19-46(20-12-42)62-28-32-68-74-62)25-26-60-66(65)56-6-2-4-8-58(56)72(60)54-39-51(43-13-21-47(22-14-43)63-29-33-69-75-63)36-52(40-54)44-15-23-48(24-16-44)64-30-34-70-76-64/h41-70H,1-40H2. The average molecular weight is 1050 g/mol. The quantitative estimate of drug-likeness (QED) is 0.170.